The standard InChI is InChI=1S/C42H26N2O/c1-2-10-33-26-34(25-18-27(33)8-1)28-16-23-32(24-17-28)42-43-39(41-40(44-42)37-13-5-6-15-38(37)45-41)31-21-19-30(20-22-31)36-14-7-11-29-9-3-4-12-35(29)36/h1-26H. The molecule has 0 aliphatic heterocycles. The van der Waals surface area contributed by atoms with Gasteiger partial charge in [-0.15, -0.1) is 0 Å². The first-order chi connectivity index (χ1) is 22.3. The molecule has 0 spiro atoms. The molecule has 45 heavy (non-hydrogen) atoms. The predicted molar refractivity (Wildman–Crippen MR) is 186 cm³/mol. The first-order valence-corrected chi connectivity index (χ1v) is 15.2. The van der Waals surface area contributed by atoms with Crippen LogP contribution in [0.25, 0.3) is 88.5 Å². The highest BCUT2D eigenvalue weighted by atomic mass is 16.3. The Morgan fingerprint density at radius 3 is 1.87 bits per heavy atom. The Hall–Kier alpha value is -6.06. The van der Waals surface area contributed by atoms with Crippen LogP contribution in [0.15, 0.2) is 162 Å². The lowest BCUT2D eigenvalue weighted by Gasteiger charge is -2.10. The van der Waals surface area contributed by atoms with E-state index < -0.39 is 0 Å². The summed E-state index contributed by atoms with van der Waals surface area (Å²) in [5.74, 6) is 0.673. The van der Waals surface area contributed by atoms with Crippen molar-refractivity contribution < 1.29 is 4.42 Å². The van der Waals surface area contributed by atoms with Gasteiger partial charge < -0.3 is 4.42 Å². The molecular weight excluding hydrogens is 548 g/mol. The summed E-state index contributed by atoms with van der Waals surface area (Å²) in [5.41, 5.74) is 9.77. The van der Waals surface area contributed by atoms with Gasteiger partial charge in [0.05, 0.1) is 0 Å². The number of para-hydroxylation sites is 1. The third kappa shape index (κ3) is 4.37. The van der Waals surface area contributed by atoms with E-state index in [9.17, 15) is 0 Å². The molecule has 0 bridgehead atoms. The Bertz CT molecular complexity index is 2520. The predicted octanol–water partition coefficient (Wildman–Crippen LogP) is 11.4. The van der Waals surface area contributed by atoms with E-state index in [4.69, 9.17) is 14.4 Å². The lowest BCUT2D eigenvalue weighted by Crippen LogP contribution is -1.94. The van der Waals surface area contributed by atoms with Gasteiger partial charge in [-0.25, -0.2) is 9.97 Å². The monoisotopic (exact) mass is 574 g/mol. The van der Waals surface area contributed by atoms with Gasteiger partial charge in [0.1, 0.15) is 16.8 Å². The van der Waals surface area contributed by atoms with Crippen molar-refractivity contribution in [3.63, 3.8) is 0 Å². The van der Waals surface area contributed by atoms with Crippen LogP contribution in [-0.2, 0) is 0 Å². The zero-order valence-electron chi connectivity index (χ0n) is 24.3. The average molecular weight is 575 g/mol. The fraction of sp³-hybridized carbons (Fsp3) is 0. The summed E-state index contributed by atoms with van der Waals surface area (Å²) in [6, 6.07) is 55.2. The molecule has 3 heteroatoms. The number of nitrogens with zero attached hydrogens (tertiary/aromatic N) is 2. The van der Waals surface area contributed by atoms with E-state index in [0.29, 0.717) is 11.4 Å². The minimum atomic E-state index is 0.673. The molecule has 0 fully saturated rings. The first kappa shape index (κ1) is 25.4. The summed E-state index contributed by atoms with van der Waals surface area (Å²) in [7, 11) is 0. The van der Waals surface area contributed by atoms with Crippen molar-refractivity contribution in [2.24, 2.45) is 0 Å². The van der Waals surface area contributed by atoms with Crippen molar-refractivity contribution in [3.8, 4) is 44.9 Å². The summed E-state index contributed by atoms with van der Waals surface area (Å²) in [5, 5.41) is 5.93. The van der Waals surface area contributed by atoms with Gasteiger partial charge in [-0.05, 0) is 62.0 Å². The molecule has 2 heterocycles. The molecule has 0 unspecified atom stereocenters. The van der Waals surface area contributed by atoms with Crippen molar-refractivity contribution in [1.29, 1.82) is 0 Å². The molecule has 210 valence electrons. The number of benzene rings is 7. The Labute approximate surface area is 260 Å². The Balaban J connectivity index is 1.15. The topological polar surface area (TPSA) is 38.9 Å². The van der Waals surface area contributed by atoms with Crippen LogP contribution in [0.5, 0.6) is 0 Å². The SMILES string of the molecule is c1ccc2cc(-c3ccc(-c4nc(-c5ccc(-c6cccc7ccccc67)cc5)c5oc6ccccc6c5n4)cc3)ccc2c1. The van der Waals surface area contributed by atoms with E-state index in [-0.39, 0.29) is 0 Å². The second kappa shape index (κ2) is 10.3. The van der Waals surface area contributed by atoms with Crippen LogP contribution in [0, 0.1) is 0 Å². The quantitative estimate of drug-likeness (QED) is 0.210. The van der Waals surface area contributed by atoms with E-state index in [2.05, 4.69) is 140 Å². The smallest absolute Gasteiger partial charge is 0.180 e. The third-order valence-electron chi connectivity index (χ3n) is 8.70. The van der Waals surface area contributed by atoms with Crippen molar-refractivity contribution in [3.05, 3.63) is 158 Å². The zero-order valence-corrected chi connectivity index (χ0v) is 24.3. The lowest BCUT2D eigenvalue weighted by atomic mass is 9.97. The van der Waals surface area contributed by atoms with Crippen molar-refractivity contribution in [2.75, 3.05) is 0 Å². The Morgan fingerprint density at radius 1 is 0.400 bits per heavy atom. The van der Waals surface area contributed by atoms with Gasteiger partial charge in [0.15, 0.2) is 11.4 Å². The highest BCUT2D eigenvalue weighted by Gasteiger charge is 2.18. The molecule has 3 nitrogen and oxygen atoms in total. The van der Waals surface area contributed by atoms with Crippen LogP contribution in [0.3, 0.4) is 0 Å². The number of furan rings is 1. The van der Waals surface area contributed by atoms with Gasteiger partial charge in [0.25, 0.3) is 0 Å². The Kier molecular flexibility index (Phi) is 5.82. The number of hydrogen-bond donors (Lipinski definition) is 0. The highest BCUT2D eigenvalue weighted by Crippen LogP contribution is 2.37. The van der Waals surface area contributed by atoms with E-state index >= 15 is 0 Å². The maximum Gasteiger partial charge on any atom is 0.180 e. The molecule has 0 N–H and O–H groups in total. The molecule has 2 aromatic heterocycles. The molecule has 0 saturated carbocycles. The van der Waals surface area contributed by atoms with E-state index in [1.807, 2.05) is 18.2 Å². The summed E-state index contributed by atoms with van der Waals surface area (Å²) in [6.07, 6.45) is 0. The molecule has 0 aliphatic carbocycles. The first-order valence-electron chi connectivity index (χ1n) is 15.2. The number of rotatable bonds is 4. The number of hydrogen-bond acceptors (Lipinski definition) is 3. The number of fused-ring (bicyclic) bond motifs is 5. The summed E-state index contributed by atoms with van der Waals surface area (Å²) >= 11 is 0. The van der Waals surface area contributed by atoms with Gasteiger partial charge in [-0.1, -0.05) is 140 Å². The second-order valence-electron chi connectivity index (χ2n) is 11.4. The highest BCUT2D eigenvalue weighted by molar-refractivity contribution is 6.07. The molecule has 0 saturated heterocycles. The maximum absolute atomic E-state index is 6.39. The van der Waals surface area contributed by atoms with Gasteiger partial charge in [0.2, 0.25) is 0 Å². The molecule has 0 aliphatic rings. The normalized spacial score (nSPS) is 11.6. The zero-order chi connectivity index (χ0) is 29.7. The van der Waals surface area contributed by atoms with Crippen molar-refractivity contribution >= 4 is 43.6 Å². The third-order valence-corrected chi connectivity index (χ3v) is 8.70. The molecule has 9 aromatic rings. The summed E-state index contributed by atoms with van der Waals surface area (Å²) in [4.78, 5) is 10.2. The van der Waals surface area contributed by atoms with E-state index in [0.717, 1.165) is 44.4 Å². The summed E-state index contributed by atoms with van der Waals surface area (Å²) < 4.78 is 6.39. The van der Waals surface area contributed by atoms with Gasteiger partial charge >= 0.3 is 0 Å². The van der Waals surface area contributed by atoms with Crippen LogP contribution in [0.4, 0.5) is 0 Å². The van der Waals surface area contributed by atoms with Crippen molar-refractivity contribution in [1.82, 2.24) is 9.97 Å². The fourth-order valence-electron chi connectivity index (χ4n) is 6.38. The van der Waals surface area contributed by atoms with Crippen LogP contribution in [-0.4, -0.2) is 9.97 Å². The van der Waals surface area contributed by atoms with Crippen LogP contribution >= 0.6 is 0 Å². The van der Waals surface area contributed by atoms with E-state index in [1.165, 1.54) is 32.7 Å². The average Bonchev–Trinajstić information content (AvgIpc) is 3.50. The molecule has 7 aromatic carbocycles. The van der Waals surface area contributed by atoms with Gasteiger partial charge in [0, 0.05) is 16.5 Å². The van der Waals surface area contributed by atoms with Crippen molar-refractivity contribution in [2.45, 2.75) is 0 Å². The van der Waals surface area contributed by atoms with Gasteiger partial charge in [-0.2, -0.15) is 0 Å². The second-order valence-corrected chi connectivity index (χ2v) is 11.4. The minimum absolute atomic E-state index is 0.673. The number of aromatic nitrogens is 2. The fourth-order valence-corrected chi connectivity index (χ4v) is 6.38. The van der Waals surface area contributed by atoms with Crippen LogP contribution in [0.1, 0.15) is 0 Å². The minimum Gasteiger partial charge on any atom is -0.452 e. The Morgan fingerprint density at radius 2 is 1.02 bits per heavy atom. The summed E-state index contributed by atoms with van der Waals surface area (Å²) in [6.45, 7) is 0. The molecule has 0 atom stereocenters. The molecule has 0 radical (unpaired) electrons. The largest absolute Gasteiger partial charge is 0.452 e. The van der Waals surface area contributed by atoms with E-state index in [1.54, 1.807) is 0 Å². The van der Waals surface area contributed by atoms with Gasteiger partial charge in [-0.3, -0.25) is 0 Å². The molecular formula is C42H26N2O. The maximum atomic E-state index is 6.39. The van der Waals surface area contributed by atoms with Crippen LogP contribution in [0.2, 0.25) is 0 Å². The molecule has 0 amide bonds. The lowest BCUT2D eigenvalue weighted by molar-refractivity contribution is 0.667. The molecule has 9 rings (SSSR count). The van der Waals surface area contributed by atoms with Crippen LogP contribution < -0.4 is 0 Å².